The van der Waals surface area contributed by atoms with Crippen molar-refractivity contribution in [2.75, 3.05) is 24.8 Å². The number of carbonyl (C=O) groups excluding carboxylic acids is 1. The first-order valence-corrected chi connectivity index (χ1v) is 13.6. The molecule has 3 aromatic rings. The second kappa shape index (κ2) is 11.5. The zero-order valence-corrected chi connectivity index (χ0v) is 22.5. The van der Waals surface area contributed by atoms with E-state index in [0.717, 1.165) is 22.3 Å². The first-order chi connectivity index (χ1) is 17.1. The molecule has 36 heavy (non-hydrogen) atoms. The summed E-state index contributed by atoms with van der Waals surface area (Å²) in [5, 5.41) is 3.07. The number of hydrogen-bond acceptors (Lipinski definition) is 5. The smallest absolute Gasteiger partial charge is 0.251 e. The van der Waals surface area contributed by atoms with E-state index in [1.54, 1.807) is 38.5 Å². The highest BCUT2D eigenvalue weighted by Crippen LogP contribution is 2.31. The van der Waals surface area contributed by atoms with E-state index in [0.29, 0.717) is 29.2 Å². The highest BCUT2D eigenvalue weighted by atomic mass is 32.2. The van der Waals surface area contributed by atoms with Crippen LogP contribution in [0.1, 0.15) is 52.0 Å². The van der Waals surface area contributed by atoms with Gasteiger partial charge in [-0.3, -0.25) is 9.10 Å². The lowest BCUT2D eigenvalue weighted by molar-refractivity contribution is 0.0935. The highest BCUT2D eigenvalue weighted by Gasteiger charge is 2.22. The molecule has 7 nitrogen and oxygen atoms in total. The van der Waals surface area contributed by atoms with E-state index >= 15 is 0 Å². The lowest BCUT2D eigenvalue weighted by Crippen LogP contribution is -2.31. The number of para-hydroxylation sites is 1. The van der Waals surface area contributed by atoms with Gasteiger partial charge in [-0.2, -0.15) is 0 Å². The lowest BCUT2D eigenvalue weighted by atomic mass is 10.0. The fourth-order valence-electron chi connectivity index (χ4n) is 4.22. The van der Waals surface area contributed by atoms with Crippen LogP contribution in [0.15, 0.2) is 60.7 Å². The van der Waals surface area contributed by atoms with Crippen molar-refractivity contribution in [1.29, 1.82) is 0 Å². The standard InChI is InChI=1S/C28H34N2O5S/c1-7-24(23-15-16-25(34-4)26(17-23)35-5)29-28(31)22-13-11-21(12-14-22)18-30(36(6,32)33)27-19(2)9-8-10-20(27)3/h8-17,24H,7,18H2,1-6H3,(H,29,31). The summed E-state index contributed by atoms with van der Waals surface area (Å²) in [7, 11) is -0.355. The molecule has 0 aromatic heterocycles. The van der Waals surface area contributed by atoms with Crippen LogP contribution < -0.4 is 19.1 Å². The maximum atomic E-state index is 13.0. The third kappa shape index (κ3) is 6.18. The van der Waals surface area contributed by atoms with E-state index in [2.05, 4.69) is 5.32 Å². The van der Waals surface area contributed by atoms with Crippen LogP contribution >= 0.6 is 0 Å². The van der Waals surface area contributed by atoms with Crippen molar-refractivity contribution < 1.29 is 22.7 Å². The predicted octanol–water partition coefficient (Wildman–Crippen LogP) is 5.17. The van der Waals surface area contributed by atoms with Crippen molar-refractivity contribution in [3.05, 3.63) is 88.5 Å². The molecule has 0 spiro atoms. The SMILES string of the molecule is CCC(NC(=O)c1ccc(CN(c2c(C)cccc2C)S(C)(=O)=O)cc1)c1ccc(OC)c(OC)c1. The average molecular weight is 511 g/mol. The molecule has 1 atom stereocenters. The molecule has 192 valence electrons. The first-order valence-electron chi connectivity index (χ1n) is 11.7. The fraction of sp³-hybridized carbons (Fsp3) is 0.321. The van der Waals surface area contributed by atoms with E-state index in [1.165, 1.54) is 10.6 Å². The number of sulfonamides is 1. The average Bonchev–Trinajstić information content (AvgIpc) is 2.85. The summed E-state index contributed by atoms with van der Waals surface area (Å²) < 4.78 is 37.4. The van der Waals surface area contributed by atoms with Gasteiger partial charge >= 0.3 is 0 Å². The molecular formula is C28H34N2O5S. The molecule has 8 heteroatoms. The van der Waals surface area contributed by atoms with Gasteiger partial charge in [-0.05, 0) is 66.8 Å². The molecule has 3 aromatic carbocycles. The van der Waals surface area contributed by atoms with Crippen molar-refractivity contribution in [2.45, 2.75) is 39.8 Å². The Hall–Kier alpha value is -3.52. The van der Waals surface area contributed by atoms with Gasteiger partial charge in [-0.15, -0.1) is 0 Å². The molecule has 1 amide bonds. The number of anilines is 1. The molecule has 3 rings (SSSR count). The molecule has 0 heterocycles. The quantitative estimate of drug-likeness (QED) is 0.407. The van der Waals surface area contributed by atoms with Crippen LogP contribution in [0.3, 0.4) is 0 Å². The predicted molar refractivity (Wildman–Crippen MR) is 143 cm³/mol. The Morgan fingerprint density at radius 2 is 1.56 bits per heavy atom. The number of rotatable bonds is 10. The number of hydrogen-bond donors (Lipinski definition) is 1. The zero-order valence-electron chi connectivity index (χ0n) is 21.7. The van der Waals surface area contributed by atoms with E-state index in [-0.39, 0.29) is 18.5 Å². The van der Waals surface area contributed by atoms with Crippen LogP contribution in [-0.2, 0) is 16.6 Å². The van der Waals surface area contributed by atoms with Gasteiger partial charge in [0.2, 0.25) is 10.0 Å². The number of benzene rings is 3. The van der Waals surface area contributed by atoms with Crippen LogP contribution in [-0.4, -0.2) is 34.8 Å². The first kappa shape index (κ1) is 27.1. The normalized spacial score (nSPS) is 12.1. The second-order valence-corrected chi connectivity index (χ2v) is 10.7. The van der Waals surface area contributed by atoms with E-state index < -0.39 is 10.0 Å². The molecule has 1 N–H and O–H groups in total. The molecule has 0 aliphatic heterocycles. The van der Waals surface area contributed by atoms with E-state index in [9.17, 15) is 13.2 Å². The molecule has 0 aliphatic rings. The number of nitrogens with one attached hydrogen (secondary N) is 1. The van der Waals surface area contributed by atoms with Crippen LogP contribution in [0.2, 0.25) is 0 Å². The molecule has 1 unspecified atom stereocenters. The Morgan fingerprint density at radius 3 is 2.08 bits per heavy atom. The molecule has 0 bridgehead atoms. The van der Waals surface area contributed by atoms with Crippen molar-refractivity contribution in [1.82, 2.24) is 5.32 Å². The van der Waals surface area contributed by atoms with Crippen molar-refractivity contribution in [2.24, 2.45) is 0 Å². The second-order valence-electron chi connectivity index (χ2n) is 8.76. The van der Waals surface area contributed by atoms with Gasteiger partial charge in [0.1, 0.15) is 0 Å². The van der Waals surface area contributed by atoms with Crippen LogP contribution in [0.4, 0.5) is 5.69 Å². The third-order valence-corrected chi connectivity index (χ3v) is 7.27. The lowest BCUT2D eigenvalue weighted by Gasteiger charge is -2.26. The van der Waals surface area contributed by atoms with Crippen LogP contribution in [0, 0.1) is 13.8 Å². The van der Waals surface area contributed by atoms with Crippen molar-refractivity contribution in [3.63, 3.8) is 0 Å². The topological polar surface area (TPSA) is 84.9 Å². The summed E-state index contributed by atoms with van der Waals surface area (Å²) in [6.45, 7) is 5.97. The molecule has 0 radical (unpaired) electrons. The van der Waals surface area contributed by atoms with Crippen molar-refractivity contribution >= 4 is 21.6 Å². The molecule has 0 fully saturated rings. The number of amides is 1. The maximum absolute atomic E-state index is 13.0. The number of ether oxygens (including phenoxy) is 2. The molecule has 0 saturated heterocycles. The molecule has 0 saturated carbocycles. The van der Waals surface area contributed by atoms with E-state index in [4.69, 9.17) is 9.47 Å². The Balaban J connectivity index is 1.79. The van der Waals surface area contributed by atoms with Gasteiger partial charge in [0.25, 0.3) is 5.91 Å². The summed E-state index contributed by atoms with van der Waals surface area (Å²) in [5.41, 5.74) is 4.65. The zero-order chi connectivity index (χ0) is 26.5. The summed E-state index contributed by atoms with van der Waals surface area (Å²) in [6.07, 6.45) is 1.90. The van der Waals surface area contributed by atoms with Crippen LogP contribution in [0.25, 0.3) is 0 Å². The van der Waals surface area contributed by atoms with Gasteiger partial charge in [-0.1, -0.05) is 43.3 Å². The molecule has 0 aliphatic carbocycles. The number of methoxy groups -OCH3 is 2. The number of aryl methyl sites for hydroxylation is 2. The van der Waals surface area contributed by atoms with Gasteiger partial charge in [-0.25, -0.2) is 8.42 Å². The van der Waals surface area contributed by atoms with Gasteiger partial charge < -0.3 is 14.8 Å². The van der Waals surface area contributed by atoms with Crippen LogP contribution in [0.5, 0.6) is 11.5 Å². The minimum Gasteiger partial charge on any atom is -0.493 e. The maximum Gasteiger partial charge on any atom is 0.251 e. The Bertz CT molecular complexity index is 1300. The minimum absolute atomic E-state index is 0.176. The Morgan fingerprint density at radius 1 is 0.944 bits per heavy atom. The fourth-order valence-corrected chi connectivity index (χ4v) is 5.22. The molecular weight excluding hydrogens is 476 g/mol. The largest absolute Gasteiger partial charge is 0.493 e. The number of nitrogens with zero attached hydrogens (tertiary/aromatic N) is 1. The summed E-state index contributed by atoms with van der Waals surface area (Å²) >= 11 is 0. The van der Waals surface area contributed by atoms with Crippen molar-refractivity contribution in [3.8, 4) is 11.5 Å². The highest BCUT2D eigenvalue weighted by molar-refractivity contribution is 7.92. The van der Waals surface area contributed by atoms with Gasteiger partial charge in [0, 0.05) is 5.56 Å². The van der Waals surface area contributed by atoms with Gasteiger partial charge in [0.15, 0.2) is 11.5 Å². The third-order valence-electron chi connectivity index (χ3n) is 6.16. The Kier molecular flexibility index (Phi) is 8.63. The van der Waals surface area contributed by atoms with E-state index in [1.807, 2.05) is 57.2 Å². The summed E-state index contributed by atoms with van der Waals surface area (Å²) in [5.74, 6) is 1.02. The minimum atomic E-state index is -3.51. The summed E-state index contributed by atoms with van der Waals surface area (Å²) in [6, 6.07) is 18.1. The Labute approximate surface area is 214 Å². The monoisotopic (exact) mass is 510 g/mol. The summed E-state index contributed by atoms with van der Waals surface area (Å²) in [4.78, 5) is 13.0. The van der Waals surface area contributed by atoms with Gasteiger partial charge in [0.05, 0.1) is 38.7 Å². The number of carbonyl (C=O) groups is 1.